The lowest BCUT2D eigenvalue weighted by Crippen LogP contribution is -2.38. The van der Waals surface area contributed by atoms with Crippen molar-refractivity contribution in [3.8, 4) is 0 Å². The predicted octanol–water partition coefficient (Wildman–Crippen LogP) is 2.30. The van der Waals surface area contributed by atoms with Crippen LogP contribution < -0.4 is 11.1 Å². The van der Waals surface area contributed by atoms with Crippen LogP contribution >= 0.6 is 0 Å². The Bertz CT molecular complexity index is 229. The normalized spacial score (nSPS) is 14.7. The lowest BCUT2D eigenvalue weighted by molar-refractivity contribution is -0.119. The Balaban J connectivity index is 4.00. The molecule has 16 heavy (non-hydrogen) atoms. The largest absolute Gasteiger partial charge is 0.355 e. The maximum atomic E-state index is 10.7. The minimum atomic E-state index is -0.00877. The number of nitrogens with two attached hydrogens (primary N) is 1. The molecule has 0 aromatic carbocycles. The molecule has 0 heterocycles. The van der Waals surface area contributed by atoms with E-state index in [1.165, 1.54) is 6.92 Å². The van der Waals surface area contributed by atoms with Gasteiger partial charge in [0.05, 0.1) is 0 Å². The molecule has 96 valence electrons. The molecular formula is C13H28N2O. The molecule has 1 atom stereocenters. The predicted molar refractivity (Wildman–Crippen MR) is 69.1 cm³/mol. The summed E-state index contributed by atoms with van der Waals surface area (Å²) in [5.74, 6) is -0.00877. The minimum Gasteiger partial charge on any atom is -0.355 e. The van der Waals surface area contributed by atoms with Gasteiger partial charge < -0.3 is 11.1 Å². The van der Waals surface area contributed by atoms with Gasteiger partial charge in [0.15, 0.2) is 0 Å². The molecule has 1 unspecified atom stereocenters. The number of nitrogens with one attached hydrogen (secondary N) is 1. The zero-order valence-electron chi connectivity index (χ0n) is 11.7. The Labute approximate surface area is 100 Å². The molecule has 1 amide bonds. The van der Waals surface area contributed by atoms with Gasteiger partial charge in [-0.2, -0.15) is 0 Å². The van der Waals surface area contributed by atoms with E-state index in [1.807, 2.05) is 0 Å². The summed E-state index contributed by atoms with van der Waals surface area (Å²) in [5.41, 5.74) is 6.50. The molecule has 3 heteroatoms. The van der Waals surface area contributed by atoms with Crippen molar-refractivity contribution in [2.75, 3.05) is 6.54 Å². The SMILES string of the molecule is CC(=O)NCC(N)CCC(C)(C)C(C)(C)C. The van der Waals surface area contributed by atoms with Gasteiger partial charge >= 0.3 is 0 Å². The fraction of sp³-hybridized carbons (Fsp3) is 0.923. The van der Waals surface area contributed by atoms with Crippen LogP contribution in [0.2, 0.25) is 0 Å². The number of carbonyl (C=O) groups excluding carboxylic acids is 1. The highest BCUT2D eigenvalue weighted by Crippen LogP contribution is 2.41. The van der Waals surface area contributed by atoms with Gasteiger partial charge in [-0.1, -0.05) is 34.6 Å². The van der Waals surface area contributed by atoms with Crippen LogP contribution in [0.3, 0.4) is 0 Å². The number of hydrogen-bond donors (Lipinski definition) is 2. The van der Waals surface area contributed by atoms with Gasteiger partial charge in [-0.15, -0.1) is 0 Å². The Hall–Kier alpha value is -0.570. The molecule has 0 aromatic rings. The van der Waals surface area contributed by atoms with Gasteiger partial charge in [-0.05, 0) is 23.7 Å². The second kappa shape index (κ2) is 5.67. The van der Waals surface area contributed by atoms with Gasteiger partial charge in [0.1, 0.15) is 0 Å². The van der Waals surface area contributed by atoms with E-state index < -0.39 is 0 Å². The van der Waals surface area contributed by atoms with Crippen LogP contribution in [0.1, 0.15) is 54.4 Å². The first kappa shape index (κ1) is 15.4. The number of carbonyl (C=O) groups is 1. The molecule has 0 aromatic heterocycles. The highest BCUT2D eigenvalue weighted by atomic mass is 16.1. The molecule has 0 saturated heterocycles. The van der Waals surface area contributed by atoms with Gasteiger partial charge in [0, 0.05) is 19.5 Å². The van der Waals surface area contributed by atoms with E-state index >= 15 is 0 Å². The molecule has 0 spiro atoms. The number of hydrogen-bond acceptors (Lipinski definition) is 2. The fourth-order valence-electron chi connectivity index (χ4n) is 1.30. The van der Waals surface area contributed by atoms with Gasteiger partial charge in [-0.25, -0.2) is 0 Å². The first-order chi connectivity index (χ1) is 7.06. The van der Waals surface area contributed by atoms with E-state index in [4.69, 9.17) is 5.73 Å². The molecule has 0 aliphatic carbocycles. The topological polar surface area (TPSA) is 55.1 Å². The summed E-state index contributed by atoms with van der Waals surface area (Å²) in [6.45, 7) is 13.4. The average molecular weight is 228 g/mol. The van der Waals surface area contributed by atoms with Crippen molar-refractivity contribution >= 4 is 5.91 Å². The van der Waals surface area contributed by atoms with Crippen molar-refractivity contribution in [1.29, 1.82) is 0 Å². The quantitative estimate of drug-likeness (QED) is 0.758. The van der Waals surface area contributed by atoms with Crippen molar-refractivity contribution < 1.29 is 4.79 Å². The highest BCUT2D eigenvalue weighted by Gasteiger charge is 2.32. The van der Waals surface area contributed by atoms with Crippen LogP contribution in [-0.4, -0.2) is 18.5 Å². The third-order valence-electron chi connectivity index (χ3n) is 3.78. The Morgan fingerprint density at radius 3 is 2.12 bits per heavy atom. The summed E-state index contributed by atoms with van der Waals surface area (Å²) >= 11 is 0. The van der Waals surface area contributed by atoms with Crippen LogP contribution in [0.15, 0.2) is 0 Å². The lowest BCUT2D eigenvalue weighted by Gasteiger charge is -2.39. The van der Waals surface area contributed by atoms with Crippen LogP contribution in [0, 0.1) is 10.8 Å². The molecular weight excluding hydrogens is 200 g/mol. The van der Waals surface area contributed by atoms with E-state index in [0.29, 0.717) is 6.54 Å². The van der Waals surface area contributed by atoms with E-state index in [1.54, 1.807) is 0 Å². The standard InChI is InChI=1S/C13H28N2O/c1-10(16)15-9-11(14)7-8-13(5,6)12(2,3)4/h11H,7-9,14H2,1-6H3,(H,15,16). The van der Waals surface area contributed by atoms with Crippen LogP contribution in [0.25, 0.3) is 0 Å². The van der Waals surface area contributed by atoms with Gasteiger partial charge in [0.25, 0.3) is 0 Å². The smallest absolute Gasteiger partial charge is 0.216 e. The summed E-state index contributed by atoms with van der Waals surface area (Å²) in [4.78, 5) is 10.7. The zero-order valence-corrected chi connectivity index (χ0v) is 11.7. The summed E-state index contributed by atoms with van der Waals surface area (Å²) in [6.07, 6.45) is 2.03. The zero-order chi connectivity index (χ0) is 13.0. The molecule has 0 aliphatic heterocycles. The molecule has 0 fully saturated rings. The highest BCUT2D eigenvalue weighted by molar-refractivity contribution is 5.72. The van der Waals surface area contributed by atoms with Crippen LogP contribution in [0.5, 0.6) is 0 Å². The fourth-order valence-corrected chi connectivity index (χ4v) is 1.30. The molecule has 0 saturated carbocycles. The second-order valence-electron chi connectivity index (χ2n) is 6.37. The van der Waals surface area contributed by atoms with Crippen molar-refractivity contribution in [2.24, 2.45) is 16.6 Å². The van der Waals surface area contributed by atoms with Crippen molar-refractivity contribution in [3.05, 3.63) is 0 Å². The second-order valence-corrected chi connectivity index (χ2v) is 6.37. The molecule has 0 aliphatic rings. The van der Waals surface area contributed by atoms with Gasteiger partial charge in [-0.3, -0.25) is 4.79 Å². The van der Waals surface area contributed by atoms with E-state index in [2.05, 4.69) is 39.9 Å². The molecule has 0 radical (unpaired) electrons. The van der Waals surface area contributed by atoms with Crippen LogP contribution in [-0.2, 0) is 4.79 Å². The molecule has 0 bridgehead atoms. The number of rotatable bonds is 5. The van der Waals surface area contributed by atoms with Gasteiger partial charge in [0.2, 0.25) is 5.91 Å². The van der Waals surface area contributed by atoms with Crippen molar-refractivity contribution in [2.45, 2.75) is 60.4 Å². The maximum absolute atomic E-state index is 10.7. The summed E-state index contributed by atoms with van der Waals surface area (Å²) in [5, 5.41) is 2.76. The summed E-state index contributed by atoms with van der Waals surface area (Å²) < 4.78 is 0. The third kappa shape index (κ3) is 5.50. The molecule has 3 N–H and O–H groups in total. The Morgan fingerprint density at radius 2 is 1.75 bits per heavy atom. The monoisotopic (exact) mass is 228 g/mol. The summed E-state index contributed by atoms with van der Waals surface area (Å²) in [6, 6.07) is 0.0607. The Morgan fingerprint density at radius 1 is 1.25 bits per heavy atom. The van der Waals surface area contributed by atoms with E-state index in [9.17, 15) is 4.79 Å². The maximum Gasteiger partial charge on any atom is 0.216 e. The lowest BCUT2D eigenvalue weighted by atomic mass is 9.66. The average Bonchev–Trinajstić information content (AvgIpc) is 2.09. The Kier molecular flexibility index (Phi) is 5.47. The van der Waals surface area contributed by atoms with E-state index in [0.717, 1.165) is 12.8 Å². The minimum absolute atomic E-state index is 0.00877. The molecule has 3 nitrogen and oxygen atoms in total. The van der Waals surface area contributed by atoms with Crippen molar-refractivity contribution in [1.82, 2.24) is 5.32 Å². The number of amides is 1. The molecule has 0 rings (SSSR count). The van der Waals surface area contributed by atoms with Crippen molar-refractivity contribution in [3.63, 3.8) is 0 Å². The van der Waals surface area contributed by atoms with E-state index in [-0.39, 0.29) is 22.8 Å². The van der Waals surface area contributed by atoms with Crippen LogP contribution in [0.4, 0.5) is 0 Å². The third-order valence-corrected chi connectivity index (χ3v) is 3.78. The first-order valence-corrected chi connectivity index (χ1v) is 6.06. The summed E-state index contributed by atoms with van der Waals surface area (Å²) in [7, 11) is 0. The first-order valence-electron chi connectivity index (χ1n) is 6.06.